The van der Waals surface area contributed by atoms with E-state index in [0.29, 0.717) is 5.69 Å². The number of nitrogens with one attached hydrogen (secondary N) is 1. The first kappa shape index (κ1) is 14.8. The van der Waals surface area contributed by atoms with Crippen molar-refractivity contribution in [1.82, 2.24) is 0 Å². The average Bonchev–Trinajstić information content (AvgIpc) is 2.29. The van der Waals surface area contributed by atoms with Crippen LogP contribution < -0.4 is 5.32 Å². The molecule has 0 saturated heterocycles. The van der Waals surface area contributed by atoms with Gasteiger partial charge in [-0.1, -0.05) is 12.1 Å². The van der Waals surface area contributed by atoms with E-state index in [4.69, 9.17) is 5.11 Å². The molecule has 0 bridgehead atoms. The summed E-state index contributed by atoms with van der Waals surface area (Å²) in [4.78, 5) is 21.8. The Labute approximate surface area is 115 Å². The van der Waals surface area contributed by atoms with Gasteiger partial charge in [-0.3, -0.25) is 13.8 Å². The molecule has 0 aliphatic rings. The molecule has 1 aromatic rings. The van der Waals surface area contributed by atoms with Gasteiger partial charge in [0.15, 0.2) is 0 Å². The van der Waals surface area contributed by atoms with Crippen LogP contribution in [0.4, 0.5) is 5.69 Å². The number of amides is 1. The largest absolute Gasteiger partial charge is 0.481 e. The van der Waals surface area contributed by atoms with E-state index in [9.17, 15) is 13.8 Å². The predicted octanol–water partition coefficient (Wildman–Crippen LogP) is 1.61. The van der Waals surface area contributed by atoms with Crippen molar-refractivity contribution in [3.63, 3.8) is 0 Å². The van der Waals surface area contributed by atoms with Crippen LogP contribution in [0.5, 0.6) is 0 Å². The molecule has 0 aromatic heterocycles. The maximum Gasteiger partial charge on any atom is 0.304 e. The Hall–Kier alpha value is -1.21. The molecule has 0 saturated carbocycles. The number of carboxylic acids is 1. The lowest BCUT2D eigenvalue weighted by atomic mass is 10.3. The van der Waals surface area contributed by atoms with Gasteiger partial charge in [0.2, 0.25) is 5.91 Å². The summed E-state index contributed by atoms with van der Waals surface area (Å²) in [6.45, 7) is 0. The van der Waals surface area contributed by atoms with Gasteiger partial charge in [-0.25, -0.2) is 0 Å². The molecule has 0 fully saturated rings. The Kier molecular flexibility index (Phi) is 6.00. The molecular formula is C11H12BrNO4S. The van der Waals surface area contributed by atoms with Crippen LogP contribution in [0.1, 0.15) is 6.42 Å². The Morgan fingerprint density at radius 1 is 1.33 bits per heavy atom. The molecule has 1 atom stereocenters. The van der Waals surface area contributed by atoms with Crippen LogP contribution in [-0.2, 0) is 20.4 Å². The van der Waals surface area contributed by atoms with E-state index >= 15 is 0 Å². The molecule has 98 valence electrons. The van der Waals surface area contributed by atoms with E-state index in [0.717, 1.165) is 4.47 Å². The number of benzene rings is 1. The summed E-state index contributed by atoms with van der Waals surface area (Å²) in [5.74, 6) is -1.63. The molecule has 18 heavy (non-hydrogen) atoms. The molecule has 7 heteroatoms. The Balaban J connectivity index is 2.45. The lowest BCUT2D eigenvalue weighted by Crippen LogP contribution is -2.21. The quantitative estimate of drug-likeness (QED) is 0.828. The molecule has 2 N–H and O–H groups in total. The number of para-hydroxylation sites is 1. The fourth-order valence-corrected chi connectivity index (χ4v) is 2.46. The molecule has 0 radical (unpaired) electrons. The van der Waals surface area contributed by atoms with Crippen molar-refractivity contribution in [1.29, 1.82) is 0 Å². The SMILES string of the molecule is O=C(O)CCS(=O)CC(=O)Nc1ccccc1Br. The third-order valence-corrected chi connectivity index (χ3v) is 3.92. The highest BCUT2D eigenvalue weighted by molar-refractivity contribution is 9.10. The third kappa shape index (κ3) is 5.42. The van der Waals surface area contributed by atoms with Crippen LogP contribution in [-0.4, -0.2) is 32.7 Å². The zero-order chi connectivity index (χ0) is 13.5. The Morgan fingerprint density at radius 3 is 2.61 bits per heavy atom. The maximum absolute atomic E-state index is 11.5. The summed E-state index contributed by atoms with van der Waals surface area (Å²) < 4.78 is 12.1. The number of carbonyl (C=O) groups excluding carboxylic acids is 1. The number of carboxylic acid groups (broad SMARTS) is 1. The van der Waals surface area contributed by atoms with Gasteiger partial charge in [0.1, 0.15) is 5.75 Å². The van der Waals surface area contributed by atoms with Crippen molar-refractivity contribution in [2.75, 3.05) is 16.8 Å². The Morgan fingerprint density at radius 2 is 2.00 bits per heavy atom. The van der Waals surface area contributed by atoms with E-state index < -0.39 is 22.7 Å². The second-order valence-corrected chi connectivity index (χ2v) is 5.89. The van der Waals surface area contributed by atoms with Crippen molar-refractivity contribution in [3.8, 4) is 0 Å². The van der Waals surface area contributed by atoms with Crippen LogP contribution in [0.2, 0.25) is 0 Å². The molecule has 1 rings (SSSR count). The average molecular weight is 334 g/mol. The van der Waals surface area contributed by atoms with Crippen LogP contribution >= 0.6 is 15.9 Å². The van der Waals surface area contributed by atoms with Crippen LogP contribution in [0.15, 0.2) is 28.7 Å². The minimum atomic E-state index is -1.46. The first-order chi connectivity index (χ1) is 8.49. The Bertz CT molecular complexity index is 478. The maximum atomic E-state index is 11.5. The smallest absolute Gasteiger partial charge is 0.304 e. The summed E-state index contributed by atoms with van der Waals surface area (Å²) in [6, 6.07) is 7.06. The number of rotatable bonds is 6. The molecule has 1 unspecified atom stereocenters. The highest BCUT2D eigenvalue weighted by Crippen LogP contribution is 2.20. The lowest BCUT2D eigenvalue weighted by Gasteiger charge is -2.06. The summed E-state index contributed by atoms with van der Waals surface area (Å²) in [7, 11) is -1.46. The van der Waals surface area contributed by atoms with Crippen LogP contribution in [0.3, 0.4) is 0 Å². The van der Waals surface area contributed by atoms with E-state index in [1.807, 2.05) is 6.07 Å². The van der Waals surface area contributed by atoms with Gasteiger partial charge in [-0.05, 0) is 28.1 Å². The highest BCUT2D eigenvalue weighted by Gasteiger charge is 2.11. The molecular weight excluding hydrogens is 322 g/mol. The fourth-order valence-electron chi connectivity index (χ4n) is 1.17. The van der Waals surface area contributed by atoms with Gasteiger partial charge >= 0.3 is 5.97 Å². The standard InChI is InChI=1S/C11H12BrNO4S/c12-8-3-1-2-4-9(8)13-10(14)7-18(17)6-5-11(15)16/h1-4H,5-7H2,(H,13,14)(H,15,16). The van der Waals surface area contributed by atoms with E-state index in [-0.39, 0.29) is 17.9 Å². The van der Waals surface area contributed by atoms with Gasteiger partial charge in [-0.15, -0.1) is 0 Å². The third-order valence-electron chi connectivity index (χ3n) is 1.98. The van der Waals surface area contributed by atoms with Crippen molar-refractivity contribution in [2.45, 2.75) is 6.42 Å². The molecule has 5 nitrogen and oxygen atoms in total. The molecule has 0 aliphatic carbocycles. The second-order valence-electron chi connectivity index (χ2n) is 3.46. The fraction of sp³-hybridized carbons (Fsp3) is 0.273. The second kappa shape index (κ2) is 7.27. The van der Waals surface area contributed by atoms with Crippen molar-refractivity contribution in [2.24, 2.45) is 0 Å². The summed E-state index contributed by atoms with van der Waals surface area (Å²) in [5, 5.41) is 11.0. The van der Waals surface area contributed by atoms with Gasteiger partial charge in [0, 0.05) is 21.0 Å². The van der Waals surface area contributed by atoms with Gasteiger partial charge in [0.25, 0.3) is 0 Å². The molecule has 0 spiro atoms. The number of halogens is 1. The molecule has 0 heterocycles. The van der Waals surface area contributed by atoms with Gasteiger partial charge < -0.3 is 10.4 Å². The first-order valence-electron chi connectivity index (χ1n) is 5.10. The van der Waals surface area contributed by atoms with Gasteiger partial charge in [0.05, 0.1) is 12.1 Å². The van der Waals surface area contributed by atoms with Gasteiger partial charge in [-0.2, -0.15) is 0 Å². The molecule has 0 aliphatic heterocycles. The number of carbonyl (C=O) groups is 2. The minimum Gasteiger partial charge on any atom is -0.481 e. The predicted molar refractivity (Wildman–Crippen MR) is 72.9 cm³/mol. The first-order valence-corrected chi connectivity index (χ1v) is 7.38. The molecule has 1 amide bonds. The number of anilines is 1. The summed E-state index contributed by atoms with van der Waals surface area (Å²) >= 11 is 3.27. The van der Waals surface area contributed by atoms with Crippen molar-refractivity contribution in [3.05, 3.63) is 28.7 Å². The zero-order valence-electron chi connectivity index (χ0n) is 9.39. The number of hydrogen-bond acceptors (Lipinski definition) is 3. The van der Waals surface area contributed by atoms with E-state index in [1.54, 1.807) is 18.2 Å². The summed E-state index contributed by atoms with van der Waals surface area (Å²) in [6.07, 6.45) is -0.199. The number of hydrogen-bond donors (Lipinski definition) is 2. The minimum absolute atomic E-state index is 0.0152. The number of aliphatic carboxylic acids is 1. The van der Waals surface area contributed by atoms with Crippen LogP contribution in [0.25, 0.3) is 0 Å². The summed E-state index contributed by atoms with van der Waals surface area (Å²) in [5.41, 5.74) is 0.595. The topological polar surface area (TPSA) is 83.5 Å². The highest BCUT2D eigenvalue weighted by atomic mass is 79.9. The van der Waals surface area contributed by atoms with Crippen LogP contribution in [0, 0.1) is 0 Å². The normalized spacial score (nSPS) is 11.8. The van der Waals surface area contributed by atoms with Crippen molar-refractivity contribution >= 4 is 44.3 Å². The van der Waals surface area contributed by atoms with E-state index in [2.05, 4.69) is 21.2 Å². The molecule has 1 aromatic carbocycles. The monoisotopic (exact) mass is 333 g/mol. The zero-order valence-corrected chi connectivity index (χ0v) is 11.8. The van der Waals surface area contributed by atoms with E-state index in [1.165, 1.54) is 0 Å². The lowest BCUT2D eigenvalue weighted by molar-refractivity contribution is -0.136. The van der Waals surface area contributed by atoms with Crippen molar-refractivity contribution < 1.29 is 18.9 Å².